The molecule has 4 rings (SSSR count). The first kappa shape index (κ1) is 19.5. The zero-order valence-electron chi connectivity index (χ0n) is 15.5. The standard InChI is InChI=1S/C18H24N4O4S2/c23-16(6-3-7-17-20-18(21-26-17)15-5-4-10-27-15)19-13-11-28(24,25)12-14(13)22-8-1-2-9-22/h4-5,10,13-14H,1-3,6-9,11-12H2,(H,19,23). The molecule has 28 heavy (non-hydrogen) atoms. The summed E-state index contributed by atoms with van der Waals surface area (Å²) >= 11 is 1.54. The highest BCUT2D eigenvalue weighted by Gasteiger charge is 2.42. The second kappa shape index (κ2) is 8.30. The van der Waals surface area contributed by atoms with Crippen molar-refractivity contribution >= 4 is 27.1 Å². The van der Waals surface area contributed by atoms with Gasteiger partial charge in [0.25, 0.3) is 0 Å². The van der Waals surface area contributed by atoms with Gasteiger partial charge in [0, 0.05) is 18.9 Å². The van der Waals surface area contributed by atoms with Crippen molar-refractivity contribution < 1.29 is 17.7 Å². The van der Waals surface area contributed by atoms with Gasteiger partial charge in [-0.25, -0.2) is 8.42 Å². The van der Waals surface area contributed by atoms with Crippen molar-refractivity contribution in [1.29, 1.82) is 0 Å². The molecule has 152 valence electrons. The molecular formula is C18H24N4O4S2. The smallest absolute Gasteiger partial charge is 0.226 e. The lowest BCUT2D eigenvalue weighted by atomic mass is 10.1. The minimum Gasteiger partial charge on any atom is -0.351 e. The summed E-state index contributed by atoms with van der Waals surface area (Å²) in [5.74, 6) is 1.14. The molecule has 10 heteroatoms. The van der Waals surface area contributed by atoms with E-state index < -0.39 is 9.84 Å². The van der Waals surface area contributed by atoms with E-state index in [0.717, 1.165) is 30.8 Å². The van der Waals surface area contributed by atoms with Crippen LogP contribution in [0.15, 0.2) is 22.0 Å². The number of likely N-dealkylation sites (tertiary alicyclic amines) is 1. The average Bonchev–Trinajstić information content (AvgIpc) is 3.42. The zero-order chi connectivity index (χ0) is 19.6. The van der Waals surface area contributed by atoms with E-state index >= 15 is 0 Å². The fourth-order valence-corrected chi connectivity index (χ4v) is 6.54. The van der Waals surface area contributed by atoms with E-state index in [1.165, 1.54) is 0 Å². The number of hydrogen-bond donors (Lipinski definition) is 1. The van der Waals surface area contributed by atoms with E-state index in [1.807, 2.05) is 17.5 Å². The normalized spacial score (nSPS) is 24.6. The van der Waals surface area contributed by atoms with Crippen LogP contribution < -0.4 is 5.32 Å². The van der Waals surface area contributed by atoms with Crippen molar-refractivity contribution in [2.45, 2.75) is 44.2 Å². The molecule has 8 nitrogen and oxygen atoms in total. The summed E-state index contributed by atoms with van der Waals surface area (Å²) in [5.41, 5.74) is 0. The lowest BCUT2D eigenvalue weighted by Crippen LogP contribution is -2.50. The summed E-state index contributed by atoms with van der Waals surface area (Å²) in [5, 5.41) is 8.86. The Morgan fingerprint density at radius 3 is 2.89 bits per heavy atom. The first-order chi connectivity index (χ1) is 13.5. The van der Waals surface area contributed by atoms with Gasteiger partial charge >= 0.3 is 0 Å². The highest BCUT2D eigenvalue weighted by atomic mass is 32.2. The fraction of sp³-hybridized carbons (Fsp3) is 0.611. The second-order valence-electron chi connectivity index (χ2n) is 7.40. The minimum absolute atomic E-state index is 0.0355. The number of aryl methyl sites for hydroxylation is 1. The van der Waals surface area contributed by atoms with Crippen LogP contribution in [0.1, 0.15) is 31.6 Å². The van der Waals surface area contributed by atoms with Crippen LogP contribution in [0.3, 0.4) is 0 Å². The Labute approximate surface area is 168 Å². The van der Waals surface area contributed by atoms with E-state index in [9.17, 15) is 13.2 Å². The largest absolute Gasteiger partial charge is 0.351 e. The molecule has 2 aliphatic rings. The summed E-state index contributed by atoms with van der Waals surface area (Å²) < 4.78 is 29.4. The zero-order valence-corrected chi connectivity index (χ0v) is 17.2. The van der Waals surface area contributed by atoms with E-state index in [-0.39, 0.29) is 29.5 Å². The van der Waals surface area contributed by atoms with Gasteiger partial charge in [-0.05, 0) is 43.8 Å². The molecule has 2 aromatic heterocycles. The van der Waals surface area contributed by atoms with Crippen molar-refractivity contribution in [3.05, 3.63) is 23.4 Å². The Balaban J connectivity index is 1.27. The fourth-order valence-electron chi connectivity index (χ4n) is 3.94. The maximum atomic E-state index is 12.4. The Hall–Kier alpha value is -1.78. The number of hydrogen-bond acceptors (Lipinski definition) is 8. The summed E-state index contributed by atoms with van der Waals surface area (Å²) in [6.07, 6.45) is 3.58. The van der Waals surface area contributed by atoms with Crippen LogP contribution in [-0.4, -0.2) is 66.0 Å². The highest BCUT2D eigenvalue weighted by molar-refractivity contribution is 7.91. The van der Waals surface area contributed by atoms with Crippen LogP contribution in [0, 0.1) is 0 Å². The Kier molecular flexibility index (Phi) is 5.79. The maximum Gasteiger partial charge on any atom is 0.226 e. The molecule has 4 heterocycles. The van der Waals surface area contributed by atoms with Crippen molar-refractivity contribution in [3.8, 4) is 10.7 Å². The van der Waals surface area contributed by atoms with Crippen molar-refractivity contribution in [2.24, 2.45) is 0 Å². The molecule has 0 aromatic carbocycles. The second-order valence-corrected chi connectivity index (χ2v) is 10.5. The van der Waals surface area contributed by atoms with E-state index in [0.29, 0.717) is 31.0 Å². The van der Waals surface area contributed by atoms with Crippen LogP contribution >= 0.6 is 11.3 Å². The third-order valence-electron chi connectivity index (χ3n) is 5.28. The predicted molar refractivity (Wildman–Crippen MR) is 106 cm³/mol. The third kappa shape index (κ3) is 4.61. The molecule has 1 N–H and O–H groups in total. The van der Waals surface area contributed by atoms with E-state index in [4.69, 9.17) is 4.52 Å². The van der Waals surface area contributed by atoms with Gasteiger partial charge in [-0.1, -0.05) is 11.2 Å². The molecule has 0 spiro atoms. The van der Waals surface area contributed by atoms with Crippen molar-refractivity contribution in [2.75, 3.05) is 24.6 Å². The van der Waals surface area contributed by atoms with Gasteiger partial charge in [0.15, 0.2) is 9.84 Å². The molecule has 0 bridgehead atoms. The van der Waals surface area contributed by atoms with Gasteiger partial charge < -0.3 is 9.84 Å². The monoisotopic (exact) mass is 424 g/mol. The van der Waals surface area contributed by atoms with Crippen molar-refractivity contribution in [1.82, 2.24) is 20.4 Å². The van der Waals surface area contributed by atoms with E-state index in [2.05, 4.69) is 20.4 Å². The average molecular weight is 425 g/mol. The highest BCUT2D eigenvalue weighted by Crippen LogP contribution is 2.23. The summed E-state index contributed by atoms with van der Waals surface area (Å²) in [4.78, 5) is 19.9. The van der Waals surface area contributed by atoms with Gasteiger partial charge in [-0.2, -0.15) is 4.98 Å². The van der Waals surface area contributed by atoms with Crippen LogP contribution in [0.4, 0.5) is 0 Å². The number of carbonyl (C=O) groups is 1. The number of nitrogens with one attached hydrogen (secondary N) is 1. The number of aromatic nitrogens is 2. The van der Waals surface area contributed by atoms with Gasteiger partial charge in [-0.15, -0.1) is 11.3 Å². The summed E-state index contributed by atoms with van der Waals surface area (Å²) in [6.45, 7) is 1.83. The first-order valence-electron chi connectivity index (χ1n) is 9.60. The Bertz CT molecular complexity index is 904. The summed E-state index contributed by atoms with van der Waals surface area (Å²) in [6, 6.07) is 3.45. The molecule has 2 atom stereocenters. The maximum absolute atomic E-state index is 12.4. The number of thiophene rings is 1. The molecule has 2 aliphatic heterocycles. The topological polar surface area (TPSA) is 105 Å². The van der Waals surface area contributed by atoms with Crippen molar-refractivity contribution in [3.63, 3.8) is 0 Å². The molecule has 0 aliphatic carbocycles. The van der Waals surface area contributed by atoms with Gasteiger partial charge in [0.2, 0.25) is 17.6 Å². The lowest BCUT2D eigenvalue weighted by Gasteiger charge is -2.28. The third-order valence-corrected chi connectivity index (χ3v) is 7.87. The molecule has 2 saturated heterocycles. The van der Waals surface area contributed by atoms with Gasteiger partial charge in [0.05, 0.1) is 22.4 Å². The number of amides is 1. The van der Waals surface area contributed by atoms with Crippen LogP contribution in [0.25, 0.3) is 10.7 Å². The molecule has 2 aromatic rings. The van der Waals surface area contributed by atoms with E-state index in [1.54, 1.807) is 11.3 Å². The SMILES string of the molecule is O=C(CCCc1nc(-c2cccs2)no1)NC1CS(=O)(=O)CC1N1CCCC1. The van der Waals surface area contributed by atoms with Gasteiger partial charge in [0.1, 0.15) is 0 Å². The van der Waals surface area contributed by atoms with Crippen LogP contribution in [0.2, 0.25) is 0 Å². The van der Waals surface area contributed by atoms with Crippen LogP contribution in [0.5, 0.6) is 0 Å². The number of nitrogens with zero attached hydrogens (tertiary/aromatic N) is 3. The number of carbonyl (C=O) groups excluding carboxylic acids is 1. The molecular weight excluding hydrogens is 400 g/mol. The van der Waals surface area contributed by atoms with Gasteiger partial charge in [-0.3, -0.25) is 9.69 Å². The molecule has 2 fully saturated rings. The quantitative estimate of drug-likeness (QED) is 0.718. The minimum atomic E-state index is -3.10. The first-order valence-corrected chi connectivity index (χ1v) is 12.3. The predicted octanol–water partition coefficient (Wildman–Crippen LogP) is 1.50. The molecule has 0 saturated carbocycles. The van der Waals surface area contributed by atoms with Crippen LogP contribution in [-0.2, 0) is 21.1 Å². The molecule has 2 unspecified atom stereocenters. The lowest BCUT2D eigenvalue weighted by molar-refractivity contribution is -0.122. The molecule has 0 radical (unpaired) electrons. The Morgan fingerprint density at radius 2 is 2.14 bits per heavy atom. The number of rotatable bonds is 7. The molecule has 1 amide bonds. The Morgan fingerprint density at radius 1 is 1.32 bits per heavy atom. The number of sulfone groups is 1. The summed E-state index contributed by atoms with van der Waals surface area (Å²) in [7, 11) is -3.10.